The van der Waals surface area contributed by atoms with E-state index < -0.39 is 0 Å². The molecule has 5 heteroatoms. The quantitative estimate of drug-likeness (QED) is 0.365. The Balaban J connectivity index is 1.73. The molecule has 0 N–H and O–H groups in total. The van der Waals surface area contributed by atoms with Crippen LogP contribution in [0.3, 0.4) is 0 Å². The summed E-state index contributed by atoms with van der Waals surface area (Å²) in [5, 5.41) is 0.847. The first kappa shape index (κ1) is 18.7. The fraction of sp³-hybridized carbons (Fsp3) is 0.261. The van der Waals surface area contributed by atoms with Crippen LogP contribution in [0, 0.1) is 6.92 Å². The van der Waals surface area contributed by atoms with Crippen molar-refractivity contribution < 1.29 is 4.79 Å². The average molecular weight is 391 g/mol. The number of benzene rings is 2. The van der Waals surface area contributed by atoms with Crippen molar-refractivity contribution in [2.24, 2.45) is 0 Å². The van der Waals surface area contributed by atoms with E-state index in [0.29, 0.717) is 5.56 Å². The van der Waals surface area contributed by atoms with Gasteiger partial charge in [0.05, 0.1) is 5.69 Å². The molecule has 0 atom stereocenters. The third-order valence-corrected chi connectivity index (χ3v) is 6.31. The Labute approximate surface area is 168 Å². The van der Waals surface area contributed by atoms with Crippen molar-refractivity contribution in [1.82, 2.24) is 9.55 Å². The Kier molecular flexibility index (Phi) is 5.18. The van der Waals surface area contributed by atoms with Crippen molar-refractivity contribution in [1.29, 1.82) is 0 Å². The van der Waals surface area contributed by atoms with E-state index in [1.165, 1.54) is 23.6 Å². The van der Waals surface area contributed by atoms with Gasteiger partial charge < -0.3 is 0 Å². The van der Waals surface area contributed by atoms with Crippen molar-refractivity contribution in [3.05, 3.63) is 87.0 Å². The minimum absolute atomic E-state index is 0.00934. The van der Waals surface area contributed by atoms with E-state index >= 15 is 0 Å². The zero-order valence-corrected chi connectivity index (χ0v) is 16.9. The molecular weight excluding hydrogens is 368 g/mol. The molecule has 1 aliphatic carbocycles. The number of carbonyl (C=O) groups is 1. The number of hydrogen-bond acceptors (Lipinski definition) is 4. The number of rotatable bonds is 5. The molecule has 4 nitrogen and oxygen atoms in total. The molecule has 0 bridgehead atoms. The summed E-state index contributed by atoms with van der Waals surface area (Å²) in [6.07, 6.45) is 2.81. The van der Waals surface area contributed by atoms with Crippen LogP contribution in [-0.4, -0.2) is 15.3 Å². The molecular formula is C23H22N2O2S. The van der Waals surface area contributed by atoms with Gasteiger partial charge in [-0.1, -0.05) is 36.4 Å². The van der Waals surface area contributed by atoms with Crippen LogP contribution < -0.4 is 5.69 Å². The van der Waals surface area contributed by atoms with Gasteiger partial charge in [-0.05, 0) is 56.4 Å². The Bertz CT molecular complexity index is 1120. The fourth-order valence-corrected chi connectivity index (χ4v) is 4.85. The first-order valence-corrected chi connectivity index (χ1v) is 10.5. The van der Waals surface area contributed by atoms with Crippen molar-refractivity contribution in [2.45, 2.75) is 43.9 Å². The minimum Gasteiger partial charge on any atom is -0.295 e. The first-order valence-electron chi connectivity index (χ1n) is 9.48. The highest BCUT2D eigenvalue weighted by molar-refractivity contribution is 7.98. The molecule has 28 heavy (non-hydrogen) atoms. The number of aromatic nitrogens is 2. The molecule has 0 saturated heterocycles. The topological polar surface area (TPSA) is 52.0 Å². The normalized spacial score (nSPS) is 12.8. The first-order chi connectivity index (χ1) is 13.5. The summed E-state index contributed by atoms with van der Waals surface area (Å²) < 4.78 is 1.69. The number of nitrogens with zero attached hydrogens (tertiary/aromatic N) is 2. The van der Waals surface area contributed by atoms with Crippen LogP contribution in [-0.2, 0) is 18.6 Å². The summed E-state index contributed by atoms with van der Waals surface area (Å²) in [4.78, 5) is 29.1. The lowest BCUT2D eigenvalue weighted by Gasteiger charge is -2.15. The summed E-state index contributed by atoms with van der Waals surface area (Å²) in [6.45, 7) is 3.64. The van der Waals surface area contributed by atoms with Gasteiger partial charge in [0.25, 0.3) is 0 Å². The Hall–Kier alpha value is -2.66. The summed E-state index contributed by atoms with van der Waals surface area (Å²) in [7, 11) is 0. The number of carbonyl (C=O) groups excluding carboxylic acids is 1. The third-order valence-electron chi connectivity index (χ3n) is 5.24. The predicted octanol–water partition coefficient (Wildman–Crippen LogP) is 4.52. The number of ketones is 1. The van der Waals surface area contributed by atoms with E-state index in [-0.39, 0.29) is 11.5 Å². The SMILES string of the molecule is CC(=O)c1cccc(-n2c3c(c(SCc4ccccc4C)nc2=O)CCC3)c1. The maximum absolute atomic E-state index is 12.9. The van der Waals surface area contributed by atoms with E-state index in [1.54, 1.807) is 28.5 Å². The summed E-state index contributed by atoms with van der Waals surface area (Å²) in [5.74, 6) is 0.792. The molecule has 0 aliphatic heterocycles. The van der Waals surface area contributed by atoms with Gasteiger partial charge in [-0.15, -0.1) is 11.8 Å². The molecule has 4 rings (SSSR count). The molecule has 0 spiro atoms. The van der Waals surface area contributed by atoms with E-state index in [0.717, 1.165) is 41.4 Å². The van der Waals surface area contributed by atoms with Crippen molar-refractivity contribution in [2.75, 3.05) is 0 Å². The van der Waals surface area contributed by atoms with Crippen molar-refractivity contribution in [3.63, 3.8) is 0 Å². The van der Waals surface area contributed by atoms with Crippen LogP contribution in [0.1, 0.15) is 46.1 Å². The average Bonchev–Trinajstić information content (AvgIpc) is 3.17. The molecule has 0 saturated carbocycles. The summed E-state index contributed by atoms with van der Waals surface area (Å²) >= 11 is 1.64. The van der Waals surface area contributed by atoms with Gasteiger partial charge in [0.2, 0.25) is 0 Å². The lowest BCUT2D eigenvalue weighted by atomic mass is 10.1. The zero-order valence-electron chi connectivity index (χ0n) is 16.1. The van der Waals surface area contributed by atoms with Gasteiger partial charge in [-0.25, -0.2) is 4.79 Å². The molecule has 0 radical (unpaired) electrons. The molecule has 1 aliphatic rings. The lowest BCUT2D eigenvalue weighted by Crippen LogP contribution is -2.26. The molecule has 0 amide bonds. The van der Waals surface area contributed by atoms with Gasteiger partial charge in [-0.2, -0.15) is 4.98 Å². The van der Waals surface area contributed by atoms with Gasteiger partial charge in [-0.3, -0.25) is 9.36 Å². The van der Waals surface area contributed by atoms with Crippen molar-refractivity contribution >= 4 is 17.5 Å². The molecule has 3 aromatic rings. The second-order valence-electron chi connectivity index (χ2n) is 7.14. The maximum atomic E-state index is 12.9. The van der Waals surface area contributed by atoms with Crippen LogP contribution in [0.15, 0.2) is 58.4 Å². The Morgan fingerprint density at radius 3 is 2.75 bits per heavy atom. The Morgan fingerprint density at radius 1 is 1.14 bits per heavy atom. The number of thioether (sulfide) groups is 1. The smallest absolute Gasteiger partial charge is 0.295 e. The lowest BCUT2D eigenvalue weighted by molar-refractivity contribution is 0.101. The van der Waals surface area contributed by atoms with Crippen LogP contribution in [0.25, 0.3) is 5.69 Å². The van der Waals surface area contributed by atoms with E-state index in [2.05, 4.69) is 24.0 Å². The molecule has 142 valence electrons. The highest BCUT2D eigenvalue weighted by atomic mass is 32.2. The van der Waals surface area contributed by atoms with Gasteiger partial charge >= 0.3 is 5.69 Å². The van der Waals surface area contributed by atoms with Gasteiger partial charge in [0.1, 0.15) is 5.03 Å². The fourth-order valence-electron chi connectivity index (χ4n) is 3.69. The number of Topliss-reactive ketones (excluding diaryl/α,β-unsaturated/α-hetero) is 1. The van der Waals surface area contributed by atoms with E-state index in [4.69, 9.17) is 0 Å². The van der Waals surface area contributed by atoms with E-state index in [9.17, 15) is 9.59 Å². The van der Waals surface area contributed by atoms with Gasteiger partial charge in [0, 0.05) is 22.6 Å². The van der Waals surface area contributed by atoms with E-state index in [1.807, 2.05) is 24.3 Å². The largest absolute Gasteiger partial charge is 0.353 e. The maximum Gasteiger partial charge on any atom is 0.353 e. The molecule has 0 unspecified atom stereocenters. The molecule has 1 heterocycles. The number of hydrogen-bond donors (Lipinski definition) is 0. The predicted molar refractivity (Wildman–Crippen MR) is 113 cm³/mol. The number of aryl methyl sites for hydroxylation is 1. The van der Waals surface area contributed by atoms with Crippen LogP contribution in [0.4, 0.5) is 0 Å². The minimum atomic E-state index is -0.270. The number of fused-ring (bicyclic) bond motifs is 1. The highest BCUT2D eigenvalue weighted by Gasteiger charge is 2.23. The molecule has 2 aromatic carbocycles. The van der Waals surface area contributed by atoms with Crippen LogP contribution >= 0.6 is 11.8 Å². The molecule has 1 aromatic heterocycles. The second kappa shape index (κ2) is 7.76. The summed E-state index contributed by atoms with van der Waals surface area (Å²) in [5.41, 5.74) is 5.78. The molecule has 0 fully saturated rings. The van der Waals surface area contributed by atoms with Crippen LogP contribution in [0.5, 0.6) is 0 Å². The second-order valence-corrected chi connectivity index (χ2v) is 8.10. The third kappa shape index (κ3) is 3.54. The Morgan fingerprint density at radius 2 is 1.96 bits per heavy atom. The van der Waals surface area contributed by atoms with Crippen molar-refractivity contribution in [3.8, 4) is 5.69 Å². The standard InChI is InChI=1S/C23H22N2O2S/c1-15-7-3-4-8-18(15)14-28-22-20-11-6-12-21(20)25(23(27)24-22)19-10-5-9-17(13-19)16(2)26/h3-5,7-10,13H,6,11-12,14H2,1-2H3. The zero-order chi connectivity index (χ0) is 19.7. The van der Waals surface area contributed by atoms with Gasteiger partial charge in [0.15, 0.2) is 5.78 Å². The summed E-state index contributed by atoms with van der Waals surface area (Å²) in [6, 6.07) is 15.6. The highest BCUT2D eigenvalue weighted by Crippen LogP contribution is 2.32. The monoisotopic (exact) mass is 390 g/mol. The van der Waals surface area contributed by atoms with Crippen LogP contribution in [0.2, 0.25) is 0 Å².